The average molecular weight is 392 g/mol. The molecule has 0 unspecified atom stereocenters. The third-order valence-corrected chi connectivity index (χ3v) is 4.72. The van der Waals surface area contributed by atoms with Crippen molar-refractivity contribution in [1.82, 2.24) is 4.98 Å². The van der Waals surface area contributed by atoms with E-state index in [0.29, 0.717) is 11.5 Å². The highest BCUT2D eigenvalue weighted by molar-refractivity contribution is 9.10. The predicted molar refractivity (Wildman–Crippen MR) is 98.1 cm³/mol. The maximum atomic E-state index is 5.36. The molecule has 0 aliphatic carbocycles. The third-order valence-electron chi connectivity index (χ3n) is 3.16. The van der Waals surface area contributed by atoms with Crippen LogP contribution in [0.15, 0.2) is 46.0 Å². The van der Waals surface area contributed by atoms with Gasteiger partial charge in [-0.1, -0.05) is 23.5 Å². The average Bonchev–Trinajstić information content (AvgIpc) is 2.98. The van der Waals surface area contributed by atoms with Crippen LogP contribution < -0.4 is 14.9 Å². The first-order valence-corrected chi connectivity index (χ1v) is 8.38. The lowest BCUT2D eigenvalue weighted by Crippen LogP contribution is -1.96. The van der Waals surface area contributed by atoms with Crippen LogP contribution in [0, 0.1) is 0 Å². The Morgan fingerprint density at radius 3 is 2.70 bits per heavy atom. The number of ether oxygens (including phenoxy) is 2. The van der Waals surface area contributed by atoms with Gasteiger partial charge in [-0.15, -0.1) is 0 Å². The van der Waals surface area contributed by atoms with Gasteiger partial charge in [-0.25, -0.2) is 4.98 Å². The van der Waals surface area contributed by atoms with Crippen molar-refractivity contribution in [2.75, 3.05) is 19.6 Å². The van der Waals surface area contributed by atoms with Crippen molar-refractivity contribution >= 4 is 48.8 Å². The second kappa shape index (κ2) is 6.97. The molecule has 5 nitrogen and oxygen atoms in total. The minimum atomic E-state index is 0.680. The number of fused-ring (bicyclic) bond motifs is 1. The SMILES string of the molecule is COc1cc(OC)c(C=NNc2nc3ccccc3s2)cc1Br. The molecule has 7 heteroatoms. The van der Waals surface area contributed by atoms with Crippen LogP contribution in [0.3, 0.4) is 0 Å². The van der Waals surface area contributed by atoms with E-state index < -0.39 is 0 Å². The highest BCUT2D eigenvalue weighted by Crippen LogP contribution is 2.32. The maximum absolute atomic E-state index is 5.36. The molecule has 3 aromatic rings. The molecule has 0 spiro atoms. The Morgan fingerprint density at radius 1 is 1.17 bits per heavy atom. The largest absolute Gasteiger partial charge is 0.496 e. The number of thiazole rings is 1. The highest BCUT2D eigenvalue weighted by Gasteiger charge is 2.08. The number of aromatic nitrogens is 1. The van der Waals surface area contributed by atoms with Crippen LogP contribution in [0.2, 0.25) is 0 Å². The molecule has 0 aliphatic heterocycles. The maximum Gasteiger partial charge on any atom is 0.204 e. The van der Waals surface area contributed by atoms with E-state index in [9.17, 15) is 0 Å². The van der Waals surface area contributed by atoms with Crippen LogP contribution in [0.25, 0.3) is 10.2 Å². The number of rotatable bonds is 5. The summed E-state index contributed by atoms with van der Waals surface area (Å²) in [5.41, 5.74) is 4.74. The van der Waals surface area contributed by atoms with Crippen molar-refractivity contribution in [2.24, 2.45) is 5.10 Å². The predicted octanol–water partition coefficient (Wildman–Crippen LogP) is 4.52. The number of nitrogens with one attached hydrogen (secondary N) is 1. The number of hydrogen-bond donors (Lipinski definition) is 1. The lowest BCUT2D eigenvalue weighted by molar-refractivity contribution is 0.392. The van der Waals surface area contributed by atoms with Crippen molar-refractivity contribution in [3.8, 4) is 11.5 Å². The molecule has 1 aromatic heterocycles. The summed E-state index contributed by atoms with van der Waals surface area (Å²) in [5, 5.41) is 4.99. The molecule has 3 rings (SSSR count). The van der Waals surface area contributed by atoms with Crippen LogP contribution in [0.1, 0.15) is 5.56 Å². The Morgan fingerprint density at radius 2 is 1.96 bits per heavy atom. The molecular weight excluding hydrogens is 378 g/mol. The summed E-state index contributed by atoms with van der Waals surface area (Å²) >= 11 is 5.01. The molecule has 0 fully saturated rings. The lowest BCUT2D eigenvalue weighted by Gasteiger charge is -2.09. The molecular formula is C16H14BrN3O2S. The molecule has 0 bridgehead atoms. The molecule has 0 amide bonds. The van der Waals surface area contributed by atoms with E-state index in [-0.39, 0.29) is 0 Å². The summed E-state index contributed by atoms with van der Waals surface area (Å²) in [6.07, 6.45) is 1.69. The quantitative estimate of drug-likeness (QED) is 0.512. The monoisotopic (exact) mass is 391 g/mol. The van der Waals surface area contributed by atoms with Crippen molar-refractivity contribution in [3.63, 3.8) is 0 Å². The Bertz CT molecular complexity index is 831. The second-order valence-corrected chi connectivity index (χ2v) is 6.47. The van der Waals surface area contributed by atoms with Gasteiger partial charge >= 0.3 is 0 Å². The van der Waals surface area contributed by atoms with E-state index >= 15 is 0 Å². The second-order valence-electron chi connectivity index (χ2n) is 4.59. The van der Waals surface area contributed by atoms with E-state index in [0.717, 1.165) is 25.4 Å². The summed E-state index contributed by atoms with van der Waals surface area (Å²) < 4.78 is 12.6. The minimum Gasteiger partial charge on any atom is -0.496 e. The van der Waals surface area contributed by atoms with Crippen LogP contribution in [0.4, 0.5) is 5.13 Å². The Hall–Kier alpha value is -2.12. The topological polar surface area (TPSA) is 55.7 Å². The van der Waals surface area contributed by atoms with Gasteiger partial charge < -0.3 is 9.47 Å². The molecule has 0 saturated heterocycles. The zero-order valence-corrected chi connectivity index (χ0v) is 14.9. The molecule has 0 aliphatic rings. The molecule has 1 N–H and O–H groups in total. The summed E-state index contributed by atoms with van der Waals surface area (Å²) in [7, 11) is 3.23. The number of nitrogens with zero attached hydrogens (tertiary/aromatic N) is 2. The molecule has 0 atom stereocenters. The van der Waals surface area contributed by atoms with E-state index in [1.807, 2.05) is 36.4 Å². The first-order chi connectivity index (χ1) is 11.2. The Balaban J connectivity index is 1.81. The van der Waals surface area contributed by atoms with Crippen LogP contribution >= 0.6 is 27.3 Å². The zero-order chi connectivity index (χ0) is 16.2. The van der Waals surface area contributed by atoms with Gasteiger partial charge in [-0.2, -0.15) is 5.10 Å². The summed E-state index contributed by atoms with van der Waals surface area (Å²) in [4.78, 5) is 4.46. The van der Waals surface area contributed by atoms with E-state index in [1.54, 1.807) is 31.8 Å². The van der Waals surface area contributed by atoms with E-state index in [1.165, 1.54) is 0 Å². The van der Waals surface area contributed by atoms with Crippen LogP contribution in [-0.2, 0) is 0 Å². The Kier molecular flexibility index (Phi) is 4.78. The standard InChI is InChI=1S/C16H14BrN3O2S/c1-21-13-8-14(22-2)11(17)7-10(13)9-18-20-16-19-12-5-3-4-6-15(12)23-16/h3-9H,1-2H3,(H,19,20). The minimum absolute atomic E-state index is 0.680. The summed E-state index contributed by atoms with van der Waals surface area (Å²) in [6, 6.07) is 11.7. The molecule has 0 radical (unpaired) electrons. The molecule has 118 valence electrons. The van der Waals surface area contributed by atoms with Gasteiger partial charge in [-0.05, 0) is 34.1 Å². The van der Waals surface area contributed by atoms with E-state index in [2.05, 4.69) is 31.4 Å². The van der Waals surface area contributed by atoms with Gasteiger partial charge in [0.1, 0.15) is 11.5 Å². The number of hydrogen-bond acceptors (Lipinski definition) is 6. The Labute approximate surface area is 146 Å². The van der Waals surface area contributed by atoms with Crippen molar-refractivity contribution < 1.29 is 9.47 Å². The number of para-hydroxylation sites is 1. The first kappa shape index (κ1) is 15.8. The number of halogens is 1. The fraction of sp³-hybridized carbons (Fsp3) is 0.125. The zero-order valence-electron chi connectivity index (χ0n) is 12.5. The molecule has 23 heavy (non-hydrogen) atoms. The smallest absolute Gasteiger partial charge is 0.204 e. The van der Waals surface area contributed by atoms with Crippen LogP contribution in [-0.4, -0.2) is 25.4 Å². The molecule has 0 saturated carbocycles. The third kappa shape index (κ3) is 3.46. The number of benzene rings is 2. The van der Waals surface area contributed by atoms with Gasteiger partial charge in [0.15, 0.2) is 0 Å². The lowest BCUT2D eigenvalue weighted by atomic mass is 10.2. The van der Waals surface area contributed by atoms with Crippen molar-refractivity contribution in [2.45, 2.75) is 0 Å². The highest BCUT2D eigenvalue weighted by atomic mass is 79.9. The van der Waals surface area contributed by atoms with Gasteiger partial charge in [0.05, 0.1) is 35.1 Å². The molecule has 1 heterocycles. The van der Waals surface area contributed by atoms with Gasteiger partial charge in [-0.3, -0.25) is 5.43 Å². The fourth-order valence-electron chi connectivity index (χ4n) is 2.06. The number of methoxy groups -OCH3 is 2. The van der Waals surface area contributed by atoms with Gasteiger partial charge in [0.2, 0.25) is 5.13 Å². The van der Waals surface area contributed by atoms with Gasteiger partial charge in [0, 0.05) is 11.6 Å². The van der Waals surface area contributed by atoms with E-state index in [4.69, 9.17) is 9.47 Å². The summed E-state index contributed by atoms with van der Waals surface area (Å²) in [5.74, 6) is 1.39. The van der Waals surface area contributed by atoms with Crippen molar-refractivity contribution in [1.29, 1.82) is 0 Å². The van der Waals surface area contributed by atoms with Gasteiger partial charge in [0.25, 0.3) is 0 Å². The van der Waals surface area contributed by atoms with Crippen molar-refractivity contribution in [3.05, 3.63) is 46.4 Å². The number of anilines is 1. The normalized spacial score (nSPS) is 11.1. The van der Waals surface area contributed by atoms with Crippen LogP contribution in [0.5, 0.6) is 11.5 Å². The molecule has 2 aromatic carbocycles. The summed E-state index contributed by atoms with van der Waals surface area (Å²) in [6.45, 7) is 0. The number of hydrazone groups is 1. The first-order valence-electron chi connectivity index (χ1n) is 6.77. The fourth-order valence-corrected chi connectivity index (χ4v) is 3.40.